The van der Waals surface area contributed by atoms with Crippen molar-refractivity contribution >= 4 is 69.8 Å². The minimum absolute atomic E-state index is 0.0576. The molecule has 6 amide bonds. The van der Waals surface area contributed by atoms with Crippen molar-refractivity contribution in [1.82, 2.24) is 30.4 Å². The average Bonchev–Trinajstić information content (AvgIpc) is 3.92. The van der Waals surface area contributed by atoms with Crippen molar-refractivity contribution in [2.24, 2.45) is 5.92 Å². The highest BCUT2D eigenvalue weighted by Crippen LogP contribution is 2.32. The van der Waals surface area contributed by atoms with Crippen molar-refractivity contribution in [3.63, 3.8) is 0 Å². The number of carbonyl (C=O) groups excluding carboxylic acids is 6. The fourth-order valence-electron chi connectivity index (χ4n) is 8.13. The van der Waals surface area contributed by atoms with E-state index < -0.39 is 29.7 Å². The van der Waals surface area contributed by atoms with Gasteiger partial charge in [-0.25, -0.2) is 4.98 Å². The lowest BCUT2D eigenvalue weighted by molar-refractivity contribution is -0.136. The van der Waals surface area contributed by atoms with Crippen molar-refractivity contribution in [1.29, 1.82) is 5.41 Å². The molecule has 2 fully saturated rings. The number of aromatic amines is 1. The molecule has 59 heavy (non-hydrogen) atoms. The fraction of sp³-hybridized carbons (Fsp3) is 0.395. The van der Waals surface area contributed by atoms with Crippen molar-refractivity contribution < 1.29 is 28.8 Å². The Morgan fingerprint density at radius 1 is 0.949 bits per heavy atom. The molecule has 7 rings (SSSR count). The van der Waals surface area contributed by atoms with Crippen LogP contribution in [0.25, 0.3) is 11.0 Å². The summed E-state index contributed by atoms with van der Waals surface area (Å²) in [6.45, 7) is 3.80. The summed E-state index contributed by atoms with van der Waals surface area (Å²) in [5.41, 5.74) is 5.24. The molecule has 2 unspecified atom stereocenters. The largest absolute Gasteiger partial charge is 0.388 e. The van der Waals surface area contributed by atoms with Gasteiger partial charge in [0.1, 0.15) is 11.9 Å². The lowest BCUT2D eigenvalue weighted by Gasteiger charge is -2.27. The quantitative estimate of drug-likeness (QED) is 0.0419. The first-order valence-corrected chi connectivity index (χ1v) is 20.3. The van der Waals surface area contributed by atoms with E-state index in [0.717, 1.165) is 79.1 Å². The van der Waals surface area contributed by atoms with Gasteiger partial charge in [-0.15, -0.1) is 0 Å². The molecule has 3 aliphatic rings. The molecule has 2 saturated heterocycles. The Labute approximate surface area is 341 Å². The molecule has 3 aromatic carbocycles. The molecular formula is C43H50N10O6. The molecule has 0 aliphatic carbocycles. The van der Waals surface area contributed by atoms with E-state index in [9.17, 15) is 28.8 Å². The molecule has 7 N–H and O–H groups in total. The first-order valence-electron chi connectivity index (χ1n) is 20.3. The third-order valence-electron chi connectivity index (χ3n) is 11.3. The van der Waals surface area contributed by atoms with Crippen LogP contribution in [-0.2, 0) is 20.9 Å². The minimum atomic E-state index is -1.00. The molecule has 16 nitrogen and oxygen atoms in total. The van der Waals surface area contributed by atoms with Crippen LogP contribution in [0.4, 0.5) is 17.1 Å². The third-order valence-corrected chi connectivity index (χ3v) is 11.3. The second-order valence-corrected chi connectivity index (χ2v) is 15.4. The Balaban J connectivity index is 0.765. The zero-order chi connectivity index (χ0) is 41.5. The number of hydrogen-bond acceptors (Lipinski definition) is 11. The Morgan fingerprint density at radius 2 is 1.80 bits per heavy atom. The number of imide groups is 2. The van der Waals surface area contributed by atoms with Crippen molar-refractivity contribution in [2.45, 2.75) is 70.4 Å². The molecule has 4 aromatic rings. The molecule has 0 saturated carbocycles. The molecule has 1 aromatic heterocycles. The van der Waals surface area contributed by atoms with Crippen LogP contribution >= 0.6 is 0 Å². The van der Waals surface area contributed by atoms with E-state index in [-0.39, 0.29) is 35.8 Å². The van der Waals surface area contributed by atoms with Gasteiger partial charge in [-0.05, 0) is 93.1 Å². The van der Waals surface area contributed by atoms with E-state index in [0.29, 0.717) is 54.5 Å². The number of nitrogens with one attached hydrogen (secondary N) is 7. The van der Waals surface area contributed by atoms with Crippen LogP contribution in [0.2, 0.25) is 0 Å². The van der Waals surface area contributed by atoms with E-state index in [1.54, 1.807) is 43.4 Å². The number of nitrogens with zero attached hydrogens (tertiary/aromatic N) is 3. The van der Waals surface area contributed by atoms with Gasteiger partial charge in [0.05, 0.1) is 28.7 Å². The number of aromatic nitrogens is 2. The van der Waals surface area contributed by atoms with Gasteiger partial charge >= 0.3 is 0 Å². The summed E-state index contributed by atoms with van der Waals surface area (Å²) in [7, 11) is 1.77. The van der Waals surface area contributed by atoms with Crippen LogP contribution in [-0.4, -0.2) is 101 Å². The number of rotatable bonds is 18. The van der Waals surface area contributed by atoms with Gasteiger partial charge in [0.25, 0.3) is 17.7 Å². The fourth-order valence-corrected chi connectivity index (χ4v) is 8.13. The Kier molecular flexibility index (Phi) is 12.7. The first-order chi connectivity index (χ1) is 28.6. The number of likely N-dealkylation sites (tertiary alicyclic amines) is 1. The van der Waals surface area contributed by atoms with Crippen LogP contribution in [0, 0.1) is 11.3 Å². The highest BCUT2D eigenvalue weighted by Gasteiger charge is 2.45. The molecule has 2 atom stereocenters. The average molecular weight is 803 g/mol. The zero-order valence-corrected chi connectivity index (χ0v) is 33.1. The van der Waals surface area contributed by atoms with Crippen LogP contribution < -0.4 is 26.6 Å². The second-order valence-electron chi connectivity index (χ2n) is 15.4. The standard InChI is InChI=1S/C43H50N10O6/c1-45-31-12-10-27(21-28(31)23-44)40(56)48-29-11-13-32-34(22-29)50-36(49-32)25-52-20-17-26(24-52)16-19-47-37(54)9-4-2-3-5-18-46-33-8-6-7-30-39(33)43(59)53(42(30)58)35-14-15-38(55)51-41(35)57/h6-8,10-13,21-23,26,35,44-46H,2-5,9,14-20,24-25H2,1H3,(H,47,54)(H,48,56)(H,49,50)(H,51,55,57). The maximum absolute atomic E-state index is 13.3. The van der Waals surface area contributed by atoms with Crippen molar-refractivity contribution in [3.8, 4) is 0 Å². The van der Waals surface area contributed by atoms with Crippen molar-refractivity contribution in [3.05, 3.63) is 82.7 Å². The number of fused-ring (bicyclic) bond motifs is 2. The zero-order valence-electron chi connectivity index (χ0n) is 33.1. The van der Waals surface area contributed by atoms with Gasteiger partial charge in [-0.1, -0.05) is 18.9 Å². The summed E-state index contributed by atoms with van der Waals surface area (Å²) < 4.78 is 0. The van der Waals surface area contributed by atoms with Crippen LogP contribution in [0.5, 0.6) is 0 Å². The lowest BCUT2D eigenvalue weighted by atomic mass is 10.0. The number of carbonyl (C=O) groups is 6. The summed E-state index contributed by atoms with van der Waals surface area (Å²) in [5, 5.41) is 22.2. The molecule has 0 radical (unpaired) electrons. The van der Waals surface area contributed by atoms with E-state index >= 15 is 0 Å². The number of anilines is 3. The van der Waals surface area contributed by atoms with Gasteiger partial charge in [0.2, 0.25) is 17.7 Å². The summed E-state index contributed by atoms with van der Waals surface area (Å²) in [5.74, 6) is -0.951. The Bertz CT molecular complexity index is 2290. The number of amides is 6. The van der Waals surface area contributed by atoms with Crippen LogP contribution in [0.3, 0.4) is 0 Å². The number of benzene rings is 3. The van der Waals surface area contributed by atoms with E-state index in [2.05, 4.69) is 36.5 Å². The second kappa shape index (κ2) is 18.4. The first kappa shape index (κ1) is 40.8. The summed E-state index contributed by atoms with van der Waals surface area (Å²) in [6.07, 6.45) is 7.22. The van der Waals surface area contributed by atoms with E-state index in [1.165, 1.54) is 6.21 Å². The number of H-pyrrole nitrogens is 1. The van der Waals surface area contributed by atoms with Gasteiger partial charge in [0, 0.05) is 73.9 Å². The molecule has 308 valence electrons. The van der Waals surface area contributed by atoms with Crippen molar-refractivity contribution in [2.75, 3.05) is 49.2 Å². The molecule has 0 bridgehead atoms. The summed E-state index contributed by atoms with van der Waals surface area (Å²) >= 11 is 0. The Hall–Kier alpha value is -6.42. The molecule has 16 heteroatoms. The van der Waals surface area contributed by atoms with Crippen LogP contribution in [0.15, 0.2) is 54.6 Å². The summed E-state index contributed by atoms with van der Waals surface area (Å²) in [6, 6.07) is 14.8. The molecule has 4 heterocycles. The molecule has 3 aliphatic heterocycles. The normalized spacial score (nSPS) is 17.9. The highest BCUT2D eigenvalue weighted by molar-refractivity contribution is 6.25. The summed E-state index contributed by atoms with van der Waals surface area (Å²) in [4.78, 5) is 87.3. The highest BCUT2D eigenvalue weighted by atomic mass is 16.2. The molecule has 0 spiro atoms. The van der Waals surface area contributed by atoms with E-state index in [4.69, 9.17) is 10.4 Å². The SMILES string of the molecule is CNc1ccc(C(=O)Nc2ccc3nc(CN4CCC(CCNC(=O)CCCCCCNc5cccc6c5C(=O)N(C5CCC(=O)NC5=O)C6=O)C4)[nH]c3c2)cc1C=N. The van der Waals surface area contributed by atoms with Gasteiger partial charge < -0.3 is 31.7 Å². The number of piperidine rings is 1. The number of imidazole rings is 1. The third kappa shape index (κ3) is 9.49. The lowest BCUT2D eigenvalue weighted by Crippen LogP contribution is -2.54. The molecular weight excluding hydrogens is 753 g/mol. The predicted octanol–water partition coefficient (Wildman–Crippen LogP) is 4.65. The van der Waals surface area contributed by atoms with Gasteiger partial charge in [-0.2, -0.15) is 0 Å². The monoisotopic (exact) mass is 802 g/mol. The topological polar surface area (TPSA) is 222 Å². The number of hydrogen-bond donors (Lipinski definition) is 7. The van der Waals surface area contributed by atoms with Crippen LogP contribution in [0.1, 0.15) is 100 Å². The van der Waals surface area contributed by atoms with Gasteiger partial charge in [-0.3, -0.25) is 43.9 Å². The number of unbranched alkanes of at least 4 members (excludes halogenated alkanes) is 3. The minimum Gasteiger partial charge on any atom is -0.388 e. The van der Waals surface area contributed by atoms with E-state index in [1.807, 2.05) is 18.2 Å². The maximum Gasteiger partial charge on any atom is 0.264 e. The van der Waals surface area contributed by atoms with Gasteiger partial charge in [0.15, 0.2) is 0 Å². The maximum atomic E-state index is 13.3. The smallest absolute Gasteiger partial charge is 0.264 e. The Morgan fingerprint density at radius 3 is 2.61 bits per heavy atom. The predicted molar refractivity (Wildman–Crippen MR) is 224 cm³/mol.